The molecular weight excluding hydrogens is 396 g/mol. The summed E-state index contributed by atoms with van der Waals surface area (Å²) in [5.74, 6) is -3.51. The van der Waals surface area contributed by atoms with Crippen molar-refractivity contribution in [3.8, 4) is 11.3 Å². The largest absolute Gasteiger partial charge is 0.340 e. The Morgan fingerprint density at radius 1 is 1.41 bits per heavy atom. The molecule has 1 aliphatic rings. The monoisotopic (exact) mass is 419 g/mol. The molecule has 3 heterocycles. The number of aromatic nitrogens is 3. The first-order valence-corrected chi connectivity index (χ1v) is 10.5. The fourth-order valence-corrected chi connectivity index (χ4v) is 4.74. The predicted molar refractivity (Wildman–Crippen MR) is 108 cm³/mol. The fourth-order valence-electron chi connectivity index (χ4n) is 3.75. The van der Waals surface area contributed by atoms with E-state index in [-0.39, 0.29) is 17.3 Å². The van der Waals surface area contributed by atoms with Gasteiger partial charge in [0, 0.05) is 29.1 Å². The van der Waals surface area contributed by atoms with Crippen LogP contribution < -0.4 is 11.1 Å². The molecule has 0 aliphatic heterocycles. The second-order valence-electron chi connectivity index (χ2n) is 7.74. The zero-order chi connectivity index (χ0) is 20.8. The average molecular weight is 420 g/mol. The smallest absolute Gasteiger partial charge is 0.280 e. The Kier molecular flexibility index (Phi) is 5.12. The molecule has 1 aliphatic carbocycles. The highest BCUT2D eigenvalue weighted by molar-refractivity contribution is 7.14. The normalized spacial score (nSPS) is 21.6. The minimum atomic E-state index is -3.02. The van der Waals surface area contributed by atoms with Gasteiger partial charge in [0.05, 0.1) is 17.4 Å². The Bertz CT molecular complexity index is 1040. The van der Waals surface area contributed by atoms with E-state index in [2.05, 4.69) is 15.4 Å². The maximum atomic E-state index is 14.3. The van der Waals surface area contributed by atoms with Crippen LogP contribution in [0.4, 0.5) is 8.78 Å². The first-order chi connectivity index (χ1) is 13.8. The van der Waals surface area contributed by atoms with Gasteiger partial charge in [-0.2, -0.15) is 5.10 Å². The van der Waals surface area contributed by atoms with Crippen LogP contribution in [0.2, 0.25) is 0 Å². The van der Waals surface area contributed by atoms with E-state index in [9.17, 15) is 13.6 Å². The van der Waals surface area contributed by atoms with Crippen molar-refractivity contribution >= 4 is 22.8 Å². The lowest BCUT2D eigenvalue weighted by Crippen LogP contribution is -2.59. The molecule has 1 fully saturated rings. The van der Waals surface area contributed by atoms with Crippen LogP contribution in [0.5, 0.6) is 0 Å². The van der Waals surface area contributed by atoms with Gasteiger partial charge in [-0.3, -0.25) is 4.79 Å². The maximum absolute atomic E-state index is 14.3. The molecule has 3 aromatic heterocycles. The Labute approximate surface area is 171 Å². The number of thiazole rings is 1. The molecule has 1 saturated carbocycles. The zero-order valence-corrected chi connectivity index (χ0v) is 17.0. The van der Waals surface area contributed by atoms with Crippen LogP contribution in [0.15, 0.2) is 30.6 Å². The van der Waals surface area contributed by atoms with Crippen molar-refractivity contribution in [3.63, 3.8) is 0 Å². The number of amides is 1. The molecular formula is C20H23F2N5OS. The number of carbonyl (C=O) groups excluding carboxylic acids is 1. The van der Waals surface area contributed by atoms with Gasteiger partial charge in [-0.1, -0.05) is 19.9 Å². The summed E-state index contributed by atoms with van der Waals surface area (Å²) < 4.78 is 30.3. The highest BCUT2D eigenvalue weighted by atomic mass is 32.1. The van der Waals surface area contributed by atoms with Crippen LogP contribution >= 0.6 is 11.3 Å². The lowest BCUT2D eigenvalue weighted by atomic mass is 9.87. The van der Waals surface area contributed by atoms with Crippen molar-refractivity contribution in [2.75, 3.05) is 0 Å². The second-order valence-corrected chi connectivity index (χ2v) is 8.77. The number of rotatable bonds is 4. The van der Waals surface area contributed by atoms with E-state index < -0.39 is 23.9 Å². The van der Waals surface area contributed by atoms with Crippen molar-refractivity contribution in [2.24, 2.45) is 5.73 Å². The lowest BCUT2D eigenvalue weighted by Gasteiger charge is -2.36. The molecule has 0 saturated heterocycles. The van der Waals surface area contributed by atoms with Crippen molar-refractivity contribution in [1.82, 2.24) is 19.9 Å². The Morgan fingerprint density at radius 2 is 2.21 bits per heavy atom. The van der Waals surface area contributed by atoms with Gasteiger partial charge in [-0.25, -0.2) is 18.3 Å². The van der Waals surface area contributed by atoms with Crippen LogP contribution in [-0.4, -0.2) is 38.5 Å². The van der Waals surface area contributed by atoms with Crippen LogP contribution in [0.3, 0.4) is 0 Å². The summed E-state index contributed by atoms with van der Waals surface area (Å²) >= 11 is 1.23. The van der Waals surface area contributed by atoms with Gasteiger partial charge in [0.1, 0.15) is 6.04 Å². The number of alkyl halides is 2. The minimum Gasteiger partial charge on any atom is -0.340 e. The summed E-state index contributed by atoms with van der Waals surface area (Å²) in [6, 6.07) is 3.55. The maximum Gasteiger partial charge on any atom is 0.280 e. The van der Waals surface area contributed by atoms with Crippen molar-refractivity contribution in [2.45, 2.75) is 57.0 Å². The number of pyridine rings is 1. The molecule has 154 valence electrons. The first kappa shape index (κ1) is 19.9. The summed E-state index contributed by atoms with van der Waals surface area (Å²) in [6.45, 7) is 4.02. The third-order valence-electron chi connectivity index (χ3n) is 5.27. The molecule has 3 N–H and O–H groups in total. The lowest BCUT2D eigenvalue weighted by molar-refractivity contribution is -0.0674. The molecule has 0 spiro atoms. The number of nitrogens with two attached hydrogens (primary N) is 1. The van der Waals surface area contributed by atoms with Gasteiger partial charge in [0.25, 0.3) is 11.8 Å². The Hall–Kier alpha value is -2.39. The fraction of sp³-hybridized carbons (Fsp3) is 0.450. The first-order valence-electron chi connectivity index (χ1n) is 9.65. The van der Waals surface area contributed by atoms with E-state index >= 15 is 0 Å². The van der Waals surface area contributed by atoms with Gasteiger partial charge in [0.2, 0.25) is 0 Å². The topological polar surface area (TPSA) is 85.3 Å². The van der Waals surface area contributed by atoms with E-state index in [0.717, 1.165) is 16.0 Å². The van der Waals surface area contributed by atoms with Crippen LogP contribution in [-0.2, 0) is 0 Å². The van der Waals surface area contributed by atoms with Crippen molar-refractivity contribution < 1.29 is 13.6 Å². The van der Waals surface area contributed by atoms with Gasteiger partial charge in [0.15, 0.2) is 5.01 Å². The molecule has 1 amide bonds. The van der Waals surface area contributed by atoms with Crippen molar-refractivity contribution in [1.29, 1.82) is 0 Å². The third kappa shape index (κ3) is 3.64. The summed E-state index contributed by atoms with van der Waals surface area (Å²) in [5.41, 5.74) is 8.22. The zero-order valence-electron chi connectivity index (χ0n) is 16.2. The molecule has 9 heteroatoms. The Morgan fingerprint density at radius 3 is 2.93 bits per heavy atom. The van der Waals surface area contributed by atoms with E-state index in [4.69, 9.17) is 5.73 Å². The van der Waals surface area contributed by atoms with Gasteiger partial charge >= 0.3 is 0 Å². The van der Waals surface area contributed by atoms with E-state index in [1.807, 2.05) is 38.2 Å². The molecule has 6 nitrogen and oxygen atoms in total. The summed E-state index contributed by atoms with van der Waals surface area (Å²) in [5, 5.41) is 6.95. The molecule has 0 aromatic carbocycles. The predicted octanol–water partition coefficient (Wildman–Crippen LogP) is 3.83. The standard InChI is InChI=1S/C20H23F2N5OS/c1-11(2)16-15(12-10-24-27-9-4-3-7-14(12)27)25-19(29-16)18(28)26-17-13(23)6-5-8-20(17,21)22/h3-4,7,9-11,13,17H,5-6,8,23H2,1-2H3,(H,26,28)/t13-,17+/m0/s1. The average Bonchev–Trinajstić information content (AvgIpc) is 3.28. The molecule has 0 bridgehead atoms. The summed E-state index contributed by atoms with van der Waals surface area (Å²) in [6.07, 6.45) is 4.09. The third-order valence-corrected chi connectivity index (χ3v) is 6.63. The number of nitrogens with zero attached hydrogens (tertiary/aromatic N) is 3. The quantitative estimate of drug-likeness (QED) is 0.673. The van der Waals surface area contributed by atoms with Crippen LogP contribution in [0, 0.1) is 0 Å². The molecule has 4 rings (SSSR count). The van der Waals surface area contributed by atoms with Crippen LogP contribution in [0.1, 0.15) is 53.7 Å². The summed E-state index contributed by atoms with van der Waals surface area (Å²) in [7, 11) is 0. The molecule has 0 radical (unpaired) electrons. The number of halogens is 2. The number of hydrogen-bond donors (Lipinski definition) is 2. The van der Waals surface area contributed by atoms with E-state index in [1.165, 1.54) is 11.3 Å². The number of nitrogens with one attached hydrogen (secondary N) is 1. The molecule has 29 heavy (non-hydrogen) atoms. The Balaban J connectivity index is 1.69. The molecule has 0 unspecified atom stereocenters. The summed E-state index contributed by atoms with van der Waals surface area (Å²) in [4.78, 5) is 18.2. The van der Waals surface area contributed by atoms with Crippen molar-refractivity contribution in [3.05, 3.63) is 40.5 Å². The van der Waals surface area contributed by atoms with E-state index in [0.29, 0.717) is 18.5 Å². The molecule has 2 atom stereocenters. The highest BCUT2D eigenvalue weighted by Crippen LogP contribution is 2.37. The number of hydrogen-bond acceptors (Lipinski definition) is 5. The SMILES string of the molecule is CC(C)c1sc(C(=O)N[C@@H]2[C@@H](N)CCCC2(F)F)nc1-c1cnn2ccccc12. The molecule has 3 aromatic rings. The van der Waals surface area contributed by atoms with E-state index in [1.54, 1.807) is 10.7 Å². The minimum absolute atomic E-state index is 0.112. The number of carbonyl (C=O) groups is 1. The second kappa shape index (κ2) is 7.46. The van der Waals surface area contributed by atoms with Gasteiger partial charge < -0.3 is 11.1 Å². The van der Waals surface area contributed by atoms with Gasteiger partial charge in [-0.15, -0.1) is 11.3 Å². The number of fused-ring (bicyclic) bond motifs is 1. The highest BCUT2D eigenvalue weighted by Gasteiger charge is 2.46. The van der Waals surface area contributed by atoms with Gasteiger partial charge in [-0.05, 0) is 30.9 Å². The van der Waals surface area contributed by atoms with Crippen LogP contribution in [0.25, 0.3) is 16.8 Å².